The van der Waals surface area contributed by atoms with Crippen LogP contribution in [0.5, 0.6) is 0 Å². The van der Waals surface area contributed by atoms with Crippen LogP contribution in [0.3, 0.4) is 0 Å². The predicted molar refractivity (Wildman–Crippen MR) is 135 cm³/mol. The fourth-order valence-electron chi connectivity index (χ4n) is 4.81. The fourth-order valence-corrected chi connectivity index (χ4v) is 7.49. The molecule has 34 heavy (non-hydrogen) atoms. The molecule has 1 aromatic carbocycles. The van der Waals surface area contributed by atoms with Crippen molar-refractivity contribution < 1.29 is 13.2 Å². The number of nitrogens with zero attached hydrogens (tertiary/aromatic N) is 3. The highest BCUT2D eigenvalue weighted by molar-refractivity contribution is 7.91. The van der Waals surface area contributed by atoms with E-state index in [9.17, 15) is 13.2 Å². The standard InChI is InChI=1S/C25H28N4O3S2/c30-24(26-21-17-34(31,32)18-22(21)28-12-4-5-13-28)11-10-20-16-29(15-19-7-2-1-3-8-19)27-25(20)23-9-6-14-33-23/h1-3,6-11,14,16,21-22H,4-5,12-13,15,17-18H2,(H,26,30)/b11-10+. The van der Waals surface area contributed by atoms with Crippen LogP contribution in [-0.2, 0) is 21.2 Å². The number of hydrogen-bond acceptors (Lipinski definition) is 6. The molecule has 0 radical (unpaired) electrons. The Balaban J connectivity index is 1.33. The fraction of sp³-hybridized carbons (Fsp3) is 0.360. The number of likely N-dealkylation sites (tertiary alicyclic amines) is 1. The second-order valence-corrected chi connectivity index (χ2v) is 12.0. The van der Waals surface area contributed by atoms with Gasteiger partial charge in [-0.05, 0) is 49.0 Å². The topological polar surface area (TPSA) is 84.3 Å². The van der Waals surface area contributed by atoms with Crippen molar-refractivity contribution >= 4 is 33.2 Å². The average molecular weight is 497 g/mol. The number of rotatable bonds is 7. The lowest BCUT2D eigenvalue weighted by Crippen LogP contribution is -2.49. The molecule has 1 amide bonds. The molecule has 3 aromatic rings. The molecular formula is C25H28N4O3S2. The first-order valence-corrected chi connectivity index (χ1v) is 14.3. The molecule has 2 aliphatic heterocycles. The van der Waals surface area contributed by atoms with Gasteiger partial charge in [0, 0.05) is 23.9 Å². The van der Waals surface area contributed by atoms with E-state index in [1.54, 1.807) is 17.4 Å². The van der Waals surface area contributed by atoms with E-state index in [-0.39, 0.29) is 29.5 Å². The molecule has 0 aliphatic carbocycles. The van der Waals surface area contributed by atoms with Gasteiger partial charge in [-0.3, -0.25) is 14.4 Å². The number of benzene rings is 1. The lowest BCUT2D eigenvalue weighted by Gasteiger charge is -2.28. The van der Waals surface area contributed by atoms with Crippen molar-refractivity contribution in [1.82, 2.24) is 20.0 Å². The molecule has 2 aromatic heterocycles. The molecule has 2 aliphatic rings. The lowest BCUT2D eigenvalue weighted by molar-refractivity contribution is -0.117. The number of aromatic nitrogens is 2. The van der Waals surface area contributed by atoms with Crippen LogP contribution in [0.15, 0.2) is 60.1 Å². The van der Waals surface area contributed by atoms with Gasteiger partial charge in [0.05, 0.1) is 29.0 Å². The molecule has 178 valence electrons. The molecule has 2 atom stereocenters. The van der Waals surface area contributed by atoms with Gasteiger partial charge in [-0.1, -0.05) is 36.4 Å². The Labute approximate surface area is 204 Å². The van der Waals surface area contributed by atoms with Crippen LogP contribution < -0.4 is 5.32 Å². The first-order valence-electron chi connectivity index (χ1n) is 11.6. The van der Waals surface area contributed by atoms with Crippen molar-refractivity contribution in [2.24, 2.45) is 0 Å². The van der Waals surface area contributed by atoms with Crippen molar-refractivity contribution in [2.75, 3.05) is 24.6 Å². The van der Waals surface area contributed by atoms with Crippen molar-refractivity contribution in [2.45, 2.75) is 31.5 Å². The minimum absolute atomic E-state index is 0.00317. The van der Waals surface area contributed by atoms with Crippen LogP contribution in [-0.4, -0.2) is 65.7 Å². The van der Waals surface area contributed by atoms with E-state index in [1.807, 2.05) is 46.6 Å². The summed E-state index contributed by atoms with van der Waals surface area (Å²) < 4.78 is 26.5. The van der Waals surface area contributed by atoms with Crippen molar-refractivity contribution in [1.29, 1.82) is 0 Å². The van der Waals surface area contributed by atoms with E-state index in [1.165, 1.54) is 6.08 Å². The van der Waals surface area contributed by atoms with Gasteiger partial charge < -0.3 is 5.32 Å². The number of sulfone groups is 1. The molecule has 2 unspecified atom stereocenters. The van der Waals surface area contributed by atoms with Gasteiger partial charge in [0.25, 0.3) is 0 Å². The van der Waals surface area contributed by atoms with E-state index < -0.39 is 9.84 Å². The Morgan fingerprint density at radius 1 is 1.12 bits per heavy atom. The first kappa shape index (κ1) is 23.0. The van der Waals surface area contributed by atoms with Gasteiger partial charge in [0.15, 0.2) is 9.84 Å². The van der Waals surface area contributed by atoms with E-state index in [4.69, 9.17) is 5.10 Å². The molecule has 0 spiro atoms. The third-order valence-electron chi connectivity index (χ3n) is 6.41. The number of carbonyl (C=O) groups excluding carboxylic acids is 1. The van der Waals surface area contributed by atoms with E-state index in [0.29, 0.717) is 6.54 Å². The number of hydrogen-bond donors (Lipinski definition) is 1. The molecule has 0 bridgehead atoms. The quantitative estimate of drug-likeness (QED) is 0.509. The normalized spacial score (nSPS) is 22.5. The summed E-state index contributed by atoms with van der Waals surface area (Å²) in [5.74, 6) is -0.154. The second-order valence-electron chi connectivity index (χ2n) is 8.93. The van der Waals surface area contributed by atoms with Gasteiger partial charge in [-0.15, -0.1) is 11.3 Å². The molecule has 5 rings (SSSR count). The highest BCUT2D eigenvalue weighted by Crippen LogP contribution is 2.28. The Morgan fingerprint density at radius 2 is 1.91 bits per heavy atom. The molecular weight excluding hydrogens is 468 g/mol. The Hall–Kier alpha value is -2.75. The van der Waals surface area contributed by atoms with Crippen molar-refractivity contribution in [3.8, 4) is 10.6 Å². The largest absolute Gasteiger partial charge is 0.347 e. The van der Waals surface area contributed by atoms with Gasteiger partial charge in [-0.25, -0.2) is 8.42 Å². The molecule has 0 saturated carbocycles. The summed E-state index contributed by atoms with van der Waals surface area (Å²) in [5.41, 5.74) is 2.82. The summed E-state index contributed by atoms with van der Waals surface area (Å²) in [7, 11) is -3.15. The maximum absolute atomic E-state index is 12.8. The summed E-state index contributed by atoms with van der Waals surface area (Å²) in [6.45, 7) is 2.43. The average Bonchev–Trinajstić information content (AvgIpc) is 3.60. The summed E-state index contributed by atoms with van der Waals surface area (Å²) >= 11 is 1.60. The summed E-state index contributed by atoms with van der Waals surface area (Å²) in [6.07, 6.45) is 7.37. The van der Waals surface area contributed by atoms with Gasteiger partial charge in [0.1, 0.15) is 5.69 Å². The summed E-state index contributed by atoms with van der Waals surface area (Å²) in [5, 5.41) is 9.74. The van der Waals surface area contributed by atoms with E-state index in [2.05, 4.69) is 22.3 Å². The molecule has 2 fully saturated rings. The Bertz CT molecular complexity index is 1260. The summed E-state index contributed by atoms with van der Waals surface area (Å²) in [4.78, 5) is 16.0. The van der Waals surface area contributed by atoms with Crippen LogP contribution in [0.1, 0.15) is 24.0 Å². The minimum Gasteiger partial charge on any atom is -0.347 e. The van der Waals surface area contributed by atoms with Crippen LogP contribution in [0.4, 0.5) is 0 Å². The number of carbonyl (C=O) groups is 1. The molecule has 2 saturated heterocycles. The van der Waals surface area contributed by atoms with Crippen molar-refractivity contribution in [3.05, 3.63) is 71.2 Å². The van der Waals surface area contributed by atoms with Crippen LogP contribution in [0, 0.1) is 0 Å². The van der Waals surface area contributed by atoms with E-state index in [0.717, 1.165) is 47.6 Å². The van der Waals surface area contributed by atoms with Crippen molar-refractivity contribution in [3.63, 3.8) is 0 Å². The number of thiophene rings is 1. The first-order chi connectivity index (χ1) is 16.5. The van der Waals surface area contributed by atoms with Crippen LogP contribution in [0.2, 0.25) is 0 Å². The van der Waals surface area contributed by atoms with Gasteiger partial charge in [-0.2, -0.15) is 5.10 Å². The zero-order valence-electron chi connectivity index (χ0n) is 18.8. The zero-order valence-corrected chi connectivity index (χ0v) is 20.5. The Morgan fingerprint density at radius 3 is 2.65 bits per heavy atom. The monoisotopic (exact) mass is 496 g/mol. The third kappa shape index (κ3) is 5.32. The van der Waals surface area contributed by atoms with Crippen LogP contribution in [0.25, 0.3) is 16.6 Å². The maximum Gasteiger partial charge on any atom is 0.244 e. The number of amides is 1. The van der Waals surface area contributed by atoms with E-state index >= 15 is 0 Å². The lowest BCUT2D eigenvalue weighted by atomic mass is 10.1. The molecule has 4 heterocycles. The predicted octanol–water partition coefficient (Wildman–Crippen LogP) is 3.05. The number of nitrogens with one attached hydrogen (secondary N) is 1. The van der Waals surface area contributed by atoms with Gasteiger partial charge >= 0.3 is 0 Å². The smallest absolute Gasteiger partial charge is 0.244 e. The zero-order chi connectivity index (χ0) is 23.5. The molecule has 9 heteroatoms. The summed E-state index contributed by atoms with van der Waals surface area (Å²) in [6, 6.07) is 13.6. The molecule has 7 nitrogen and oxygen atoms in total. The van der Waals surface area contributed by atoms with Gasteiger partial charge in [0.2, 0.25) is 5.91 Å². The highest BCUT2D eigenvalue weighted by Gasteiger charge is 2.42. The third-order valence-corrected chi connectivity index (χ3v) is 9.00. The Kier molecular flexibility index (Phi) is 6.67. The minimum atomic E-state index is -3.15. The highest BCUT2D eigenvalue weighted by atomic mass is 32.2. The second kappa shape index (κ2) is 9.85. The SMILES string of the molecule is O=C(/C=C/c1cn(Cc2ccccc2)nc1-c1cccs1)NC1CS(=O)(=O)CC1N1CCCC1. The maximum atomic E-state index is 12.8. The van der Waals surface area contributed by atoms with Crippen LogP contribution >= 0.6 is 11.3 Å². The molecule has 1 N–H and O–H groups in total.